The van der Waals surface area contributed by atoms with Gasteiger partial charge in [0.25, 0.3) is 11.7 Å². The fraction of sp³-hybridized carbons (Fsp3) is 0.167. The number of aryl methyl sites for hydroxylation is 2. The molecule has 0 spiro atoms. The molecule has 6 heteroatoms. The number of rotatable bonds is 4. The normalized spacial score (nSPS) is 18.2. The van der Waals surface area contributed by atoms with Crippen LogP contribution in [0.15, 0.2) is 70.9 Å². The Kier molecular flexibility index (Phi) is 5.22. The predicted molar refractivity (Wildman–Crippen MR) is 115 cm³/mol. The number of furan rings is 1. The van der Waals surface area contributed by atoms with Crippen LogP contribution in [0.3, 0.4) is 0 Å². The van der Waals surface area contributed by atoms with Crippen molar-refractivity contribution in [3.63, 3.8) is 0 Å². The van der Waals surface area contributed by atoms with Gasteiger partial charge in [-0.15, -0.1) is 0 Å². The summed E-state index contributed by atoms with van der Waals surface area (Å²) in [6.45, 7) is 3.86. The number of anilines is 1. The van der Waals surface area contributed by atoms with Crippen LogP contribution in [0.5, 0.6) is 0 Å². The van der Waals surface area contributed by atoms with Crippen molar-refractivity contribution >= 4 is 34.7 Å². The van der Waals surface area contributed by atoms with E-state index in [9.17, 15) is 14.7 Å². The van der Waals surface area contributed by atoms with Gasteiger partial charge in [0, 0.05) is 16.3 Å². The van der Waals surface area contributed by atoms with E-state index in [-0.39, 0.29) is 11.3 Å². The summed E-state index contributed by atoms with van der Waals surface area (Å²) < 4.78 is 5.56. The SMILES string of the molecule is CCc1ccc(/C(O)=C2/C(=O)C(=O)N(c3cc(Cl)ccc3C)C2c2ccco2)cc1. The van der Waals surface area contributed by atoms with Crippen molar-refractivity contribution in [3.05, 3.63) is 93.9 Å². The molecule has 1 aliphatic heterocycles. The summed E-state index contributed by atoms with van der Waals surface area (Å²) in [5.74, 6) is -1.37. The fourth-order valence-corrected chi connectivity index (χ4v) is 3.86. The Morgan fingerprint density at radius 2 is 1.87 bits per heavy atom. The zero-order valence-electron chi connectivity index (χ0n) is 16.6. The number of carbonyl (C=O) groups excluding carboxylic acids is 2. The Labute approximate surface area is 179 Å². The van der Waals surface area contributed by atoms with Gasteiger partial charge in [-0.05, 0) is 48.7 Å². The van der Waals surface area contributed by atoms with Crippen molar-refractivity contribution in [2.75, 3.05) is 4.90 Å². The first-order valence-electron chi connectivity index (χ1n) is 9.62. The number of amides is 1. The van der Waals surface area contributed by atoms with Gasteiger partial charge in [0.05, 0.1) is 11.8 Å². The van der Waals surface area contributed by atoms with Crippen LogP contribution >= 0.6 is 11.6 Å². The van der Waals surface area contributed by atoms with Crippen LogP contribution in [-0.4, -0.2) is 16.8 Å². The number of carbonyl (C=O) groups is 2. The molecule has 0 aliphatic carbocycles. The molecule has 2 aromatic carbocycles. The van der Waals surface area contributed by atoms with Crippen LogP contribution < -0.4 is 4.90 Å². The molecule has 1 saturated heterocycles. The maximum absolute atomic E-state index is 13.1. The average Bonchev–Trinajstić information content (AvgIpc) is 3.37. The van der Waals surface area contributed by atoms with Crippen molar-refractivity contribution in [2.45, 2.75) is 26.3 Å². The van der Waals surface area contributed by atoms with Crippen molar-refractivity contribution in [1.29, 1.82) is 0 Å². The number of hydrogen-bond donors (Lipinski definition) is 1. The number of ketones is 1. The van der Waals surface area contributed by atoms with Crippen LogP contribution in [0, 0.1) is 6.92 Å². The number of nitrogens with zero attached hydrogens (tertiary/aromatic N) is 1. The van der Waals surface area contributed by atoms with Crippen LogP contribution in [0.4, 0.5) is 5.69 Å². The topological polar surface area (TPSA) is 70.8 Å². The summed E-state index contributed by atoms with van der Waals surface area (Å²) in [6.07, 6.45) is 2.32. The highest BCUT2D eigenvalue weighted by Crippen LogP contribution is 2.43. The van der Waals surface area contributed by atoms with E-state index in [0.29, 0.717) is 22.0 Å². The monoisotopic (exact) mass is 421 g/mol. The van der Waals surface area contributed by atoms with Gasteiger partial charge in [-0.3, -0.25) is 14.5 Å². The minimum Gasteiger partial charge on any atom is -0.507 e. The van der Waals surface area contributed by atoms with Gasteiger partial charge >= 0.3 is 0 Å². The number of Topliss-reactive ketones (excluding diaryl/α,β-unsaturated/α-hetero) is 1. The third-order valence-electron chi connectivity index (χ3n) is 5.32. The van der Waals surface area contributed by atoms with E-state index >= 15 is 0 Å². The first-order chi connectivity index (χ1) is 14.4. The van der Waals surface area contributed by atoms with Gasteiger partial charge in [-0.1, -0.05) is 48.9 Å². The highest BCUT2D eigenvalue weighted by Gasteiger charge is 2.48. The van der Waals surface area contributed by atoms with Gasteiger partial charge in [-0.2, -0.15) is 0 Å². The quantitative estimate of drug-likeness (QED) is 0.346. The van der Waals surface area contributed by atoms with Gasteiger partial charge in [0.2, 0.25) is 0 Å². The van der Waals surface area contributed by atoms with Gasteiger partial charge in [-0.25, -0.2) is 0 Å². The summed E-state index contributed by atoms with van der Waals surface area (Å²) in [5, 5.41) is 11.5. The second kappa shape index (κ2) is 7.84. The van der Waals surface area contributed by atoms with Crippen molar-refractivity contribution < 1.29 is 19.1 Å². The molecule has 0 bridgehead atoms. The third-order valence-corrected chi connectivity index (χ3v) is 5.56. The minimum absolute atomic E-state index is 0.0152. The maximum atomic E-state index is 13.1. The minimum atomic E-state index is -0.900. The lowest BCUT2D eigenvalue weighted by atomic mass is 9.98. The zero-order chi connectivity index (χ0) is 21.4. The van der Waals surface area contributed by atoms with E-state index in [1.165, 1.54) is 11.2 Å². The standard InChI is InChI=1S/C24H20ClNO4/c1-3-15-7-9-16(10-8-15)22(27)20-21(19-5-4-12-30-19)26(24(29)23(20)28)18-13-17(25)11-6-14(18)2/h4-13,21,27H,3H2,1-2H3/b22-20-. The molecule has 3 aromatic rings. The zero-order valence-corrected chi connectivity index (χ0v) is 17.3. The molecule has 1 aliphatic rings. The number of halogens is 1. The maximum Gasteiger partial charge on any atom is 0.300 e. The van der Waals surface area contributed by atoms with E-state index in [4.69, 9.17) is 16.0 Å². The third kappa shape index (κ3) is 3.31. The van der Waals surface area contributed by atoms with Crippen LogP contribution in [0.1, 0.15) is 35.4 Å². The number of hydrogen-bond acceptors (Lipinski definition) is 4. The Balaban J connectivity index is 1.92. The van der Waals surface area contributed by atoms with E-state index in [1.807, 2.05) is 26.0 Å². The highest BCUT2D eigenvalue weighted by molar-refractivity contribution is 6.51. The first kappa shape index (κ1) is 20.0. The highest BCUT2D eigenvalue weighted by atomic mass is 35.5. The lowest BCUT2D eigenvalue weighted by Gasteiger charge is -2.25. The summed E-state index contributed by atoms with van der Waals surface area (Å²) >= 11 is 6.17. The van der Waals surface area contributed by atoms with E-state index in [2.05, 4.69) is 0 Å². The number of aliphatic hydroxyl groups is 1. The lowest BCUT2D eigenvalue weighted by molar-refractivity contribution is -0.132. The predicted octanol–water partition coefficient (Wildman–Crippen LogP) is 5.43. The summed E-state index contributed by atoms with van der Waals surface area (Å²) in [4.78, 5) is 27.5. The molecular weight excluding hydrogens is 402 g/mol. The molecule has 0 saturated carbocycles. The van der Waals surface area contributed by atoms with E-state index in [1.54, 1.807) is 42.5 Å². The van der Waals surface area contributed by atoms with Gasteiger partial charge in [0.15, 0.2) is 0 Å². The molecule has 0 radical (unpaired) electrons. The summed E-state index contributed by atoms with van der Waals surface area (Å²) in [6, 6.07) is 14.8. The Bertz CT molecular complexity index is 1150. The van der Waals surface area contributed by atoms with Crippen molar-refractivity contribution in [2.24, 2.45) is 0 Å². The second-order valence-corrected chi connectivity index (χ2v) is 7.60. The molecule has 1 unspecified atom stereocenters. The molecule has 1 amide bonds. The molecule has 2 heterocycles. The first-order valence-corrected chi connectivity index (χ1v) is 10.00. The molecule has 1 N–H and O–H groups in total. The van der Waals surface area contributed by atoms with Crippen LogP contribution in [-0.2, 0) is 16.0 Å². The molecule has 152 valence electrons. The molecule has 1 fully saturated rings. The van der Waals surface area contributed by atoms with Gasteiger partial charge < -0.3 is 9.52 Å². The molecule has 30 heavy (non-hydrogen) atoms. The van der Waals surface area contributed by atoms with Crippen molar-refractivity contribution in [3.8, 4) is 0 Å². The van der Waals surface area contributed by atoms with Crippen molar-refractivity contribution in [1.82, 2.24) is 0 Å². The van der Waals surface area contributed by atoms with Gasteiger partial charge in [0.1, 0.15) is 17.6 Å². The Hall–Kier alpha value is -3.31. The molecule has 1 aromatic heterocycles. The number of aliphatic hydroxyl groups excluding tert-OH is 1. The molecule has 4 rings (SSSR count). The van der Waals surface area contributed by atoms with Crippen LogP contribution in [0.2, 0.25) is 5.02 Å². The Morgan fingerprint density at radius 3 is 2.50 bits per heavy atom. The summed E-state index contributed by atoms with van der Waals surface area (Å²) in [7, 11) is 0. The average molecular weight is 422 g/mol. The second-order valence-electron chi connectivity index (χ2n) is 7.17. The smallest absolute Gasteiger partial charge is 0.300 e. The van der Waals surface area contributed by atoms with E-state index < -0.39 is 17.7 Å². The van der Waals surface area contributed by atoms with Crippen LogP contribution in [0.25, 0.3) is 5.76 Å². The molecule has 5 nitrogen and oxygen atoms in total. The largest absolute Gasteiger partial charge is 0.507 e. The summed E-state index contributed by atoms with van der Waals surface area (Å²) in [5.41, 5.74) is 2.81. The Morgan fingerprint density at radius 1 is 1.13 bits per heavy atom. The molecular formula is C24H20ClNO4. The fourth-order valence-electron chi connectivity index (χ4n) is 3.69. The van der Waals surface area contributed by atoms with E-state index in [0.717, 1.165) is 17.5 Å². The lowest BCUT2D eigenvalue weighted by Crippen LogP contribution is -2.30. The molecule has 1 atom stereocenters. The number of benzene rings is 2.